The molecule has 2 fully saturated rings. The van der Waals surface area contributed by atoms with E-state index in [0.717, 1.165) is 4.90 Å². The van der Waals surface area contributed by atoms with Crippen molar-refractivity contribution in [1.82, 2.24) is 15.1 Å². The van der Waals surface area contributed by atoms with Crippen molar-refractivity contribution >= 4 is 39.5 Å². The lowest BCUT2D eigenvalue weighted by atomic mass is 10.1. The summed E-state index contributed by atoms with van der Waals surface area (Å²) in [4.78, 5) is 48.3. The summed E-state index contributed by atoms with van der Waals surface area (Å²) in [5.74, 6) is -4.21. The lowest BCUT2D eigenvalue weighted by Crippen LogP contribution is -2.62. The van der Waals surface area contributed by atoms with Crippen LogP contribution < -0.4 is 22.5 Å². The summed E-state index contributed by atoms with van der Waals surface area (Å²) >= 11 is 0. The van der Waals surface area contributed by atoms with Crippen molar-refractivity contribution in [2.24, 2.45) is 17.2 Å². The number of nitrogens with two attached hydrogens (primary N) is 3. The number of aliphatic carboxylic acids is 2. The van der Waals surface area contributed by atoms with Crippen molar-refractivity contribution in [3.05, 3.63) is 35.9 Å². The highest BCUT2D eigenvalue weighted by molar-refractivity contribution is 7.92. The molecule has 10 N–H and O–H groups in total. The van der Waals surface area contributed by atoms with Gasteiger partial charge in [-0.25, -0.2) is 13.2 Å². The molecule has 0 bridgehead atoms. The van der Waals surface area contributed by atoms with Gasteiger partial charge in [-0.15, -0.1) is 0 Å². The molecule has 0 saturated carbocycles. The number of benzene rings is 1. The minimum atomic E-state index is -4.27. The van der Waals surface area contributed by atoms with E-state index in [1.807, 2.05) is 0 Å². The van der Waals surface area contributed by atoms with Crippen molar-refractivity contribution in [2.75, 3.05) is 19.6 Å². The van der Waals surface area contributed by atoms with Crippen LogP contribution in [0.4, 0.5) is 0 Å². The summed E-state index contributed by atoms with van der Waals surface area (Å²) in [7, 11) is -4.27. The molecule has 4 atom stereocenters. The molecule has 3 rings (SSSR count). The van der Waals surface area contributed by atoms with Crippen molar-refractivity contribution < 1.29 is 37.8 Å². The maximum atomic E-state index is 13.4. The summed E-state index contributed by atoms with van der Waals surface area (Å²) in [5, 5.41) is 27.7. The molecule has 234 valence electrons. The standard InChI is InChI=1S/C20H27N3O6S.C6H14N4O2/c1-14(21)17(24)22-11-5-9-16(22)18(25)23-12-6-10-20(23,19(26)27)30(28,29)13-15-7-3-2-4-8-15;7-4(5(11)12)2-1-3-10-6(8)9/h2-4,7-8,14,16H,5-6,9-13,21H2,1H3,(H,26,27);4H,1-3,7H2,(H,11,12)(H4,8,9,10)/t14-,16-,20+;4-/m00/s1. The van der Waals surface area contributed by atoms with Crippen LogP contribution in [0.3, 0.4) is 0 Å². The van der Waals surface area contributed by atoms with Crippen LogP contribution in [0.1, 0.15) is 51.0 Å². The number of carboxylic acids is 2. The van der Waals surface area contributed by atoms with Crippen molar-refractivity contribution in [3.63, 3.8) is 0 Å². The number of likely N-dealkylation sites (tertiary alicyclic amines) is 2. The van der Waals surface area contributed by atoms with Crippen LogP contribution >= 0.6 is 0 Å². The smallest absolute Gasteiger partial charge is 0.345 e. The van der Waals surface area contributed by atoms with Gasteiger partial charge >= 0.3 is 11.9 Å². The minimum absolute atomic E-state index is 0.00978. The molecule has 2 saturated heterocycles. The fourth-order valence-corrected chi connectivity index (χ4v) is 7.18. The highest BCUT2D eigenvalue weighted by Gasteiger charge is 2.61. The summed E-state index contributed by atoms with van der Waals surface area (Å²) < 4.78 is 26.7. The zero-order chi connectivity index (χ0) is 31.7. The second-order valence-electron chi connectivity index (χ2n) is 10.3. The summed E-state index contributed by atoms with van der Waals surface area (Å²) in [5.41, 5.74) is 16.3. The van der Waals surface area contributed by atoms with Crippen LogP contribution in [0.15, 0.2) is 30.3 Å². The number of nitrogens with zero attached hydrogens (tertiary/aromatic N) is 2. The van der Waals surface area contributed by atoms with E-state index in [4.69, 9.17) is 27.7 Å². The lowest BCUT2D eigenvalue weighted by molar-refractivity contribution is -0.154. The molecular formula is C26H41N7O8S. The van der Waals surface area contributed by atoms with Gasteiger partial charge in [-0.1, -0.05) is 30.3 Å². The summed E-state index contributed by atoms with van der Waals surface area (Å²) in [6.45, 7) is 2.34. The Bertz CT molecular complexity index is 1240. The van der Waals surface area contributed by atoms with E-state index < -0.39 is 62.3 Å². The van der Waals surface area contributed by atoms with Gasteiger partial charge in [0, 0.05) is 19.6 Å². The van der Waals surface area contributed by atoms with Crippen LogP contribution in [0, 0.1) is 5.41 Å². The fourth-order valence-electron chi connectivity index (χ4n) is 5.07. The Kier molecular flexibility index (Phi) is 12.2. The molecule has 2 amide bonds. The largest absolute Gasteiger partial charge is 0.480 e. The second kappa shape index (κ2) is 14.9. The number of hydrogen-bond acceptors (Lipinski definition) is 9. The minimum Gasteiger partial charge on any atom is -0.480 e. The zero-order valence-electron chi connectivity index (χ0n) is 23.6. The SMILES string of the molecule is C[C@H](N)C(=O)N1CCC[C@H]1C(=O)N1CCC[C@]1(C(=O)O)S(=O)(=O)Cc1ccccc1.N=C(N)NCCC[C@H](N)C(=O)O. The van der Waals surface area contributed by atoms with E-state index in [-0.39, 0.29) is 25.3 Å². The number of rotatable bonds is 11. The molecule has 1 aromatic carbocycles. The number of hydrogen-bond donors (Lipinski definition) is 7. The highest BCUT2D eigenvalue weighted by atomic mass is 32.2. The third-order valence-electron chi connectivity index (χ3n) is 7.18. The first-order chi connectivity index (χ1) is 19.7. The molecule has 2 aliphatic heterocycles. The zero-order valence-corrected chi connectivity index (χ0v) is 24.4. The second-order valence-corrected chi connectivity index (χ2v) is 12.5. The normalized spacial score (nSPS) is 21.5. The molecule has 16 heteroatoms. The number of guanidine groups is 1. The Hall–Kier alpha value is -3.76. The average molecular weight is 612 g/mol. The molecule has 0 unspecified atom stereocenters. The maximum Gasteiger partial charge on any atom is 0.345 e. The molecule has 1 aromatic rings. The van der Waals surface area contributed by atoms with Gasteiger partial charge in [0.15, 0.2) is 15.8 Å². The predicted molar refractivity (Wildman–Crippen MR) is 154 cm³/mol. The van der Waals surface area contributed by atoms with E-state index in [9.17, 15) is 32.7 Å². The Morgan fingerprint density at radius 2 is 1.76 bits per heavy atom. The van der Waals surface area contributed by atoms with Gasteiger partial charge in [0.05, 0.1) is 11.8 Å². The van der Waals surface area contributed by atoms with Gasteiger partial charge in [-0.3, -0.25) is 19.8 Å². The van der Waals surface area contributed by atoms with Crippen LogP contribution in [-0.2, 0) is 34.8 Å². The molecule has 2 aliphatic rings. The summed E-state index contributed by atoms with van der Waals surface area (Å²) in [6, 6.07) is 5.77. The molecule has 0 radical (unpaired) electrons. The molecule has 15 nitrogen and oxygen atoms in total. The van der Waals surface area contributed by atoms with Crippen LogP contribution in [0.25, 0.3) is 0 Å². The monoisotopic (exact) mass is 611 g/mol. The molecule has 0 aliphatic carbocycles. The Morgan fingerprint density at radius 1 is 1.12 bits per heavy atom. The van der Waals surface area contributed by atoms with Gasteiger partial charge in [0.25, 0.3) is 0 Å². The quantitative estimate of drug-likeness (QED) is 0.0903. The molecule has 2 heterocycles. The molecule has 0 aromatic heterocycles. The molecule has 0 spiro atoms. The van der Waals surface area contributed by atoms with Gasteiger partial charge in [0.1, 0.15) is 12.1 Å². The van der Waals surface area contributed by atoms with Crippen LogP contribution in [0.2, 0.25) is 0 Å². The van der Waals surface area contributed by atoms with Crippen molar-refractivity contribution in [1.29, 1.82) is 5.41 Å². The third kappa shape index (κ3) is 8.17. The molecule has 42 heavy (non-hydrogen) atoms. The van der Waals surface area contributed by atoms with Gasteiger partial charge < -0.3 is 42.5 Å². The number of sulfone groups is 1. The number of amides is 2. The first-order valence-corrected chi connectivity index (χ1v) is 15.2. The van der Waals surface area contributed by atoms with Crippen molar-refractivity contribution in [2.45, 2.75) is 74.2 Å². The molecular weight excluding hydrogens is 570 g/mol. The van der Waals surface area contributed by atoms with E-state index >= 15 is 0 Å². The third-order valence-corrected chi connectivity index (χ3v) is 9.52. The average Bonchev–Trinajstić information content (AvgIpc) is 3.59. The maximum absolute atomic E-state index is 13.4. The Balaban J connectivity index is 0.000000435. The highest BCUT2D eigenvalue weighted by Crippen LogP contribution is 2.39. The van der Waals surface area contributed by atoms with Crippen molar-refractivity contribution in [3.8, 4) is 0 Å². The van der Waals surface area contributed by atoms with Gasteiger partial charge in [-0.2, -0.15) is 0 Å². The first kappa shape index (κ1) is 34.4. The Labute approximate surface area is 244 Å². The number of carboxylic acid groups (broad SMARTS) is 2. The van der Waals surface area contributed by atoms with Gasteiger partial charge in [0.2, 0.25) is 16.7 Å². The summed E-state index contributed by atoms with van der Waals surface area (Å²) in [6.07, 6.45) is 1.96. The van der Waals surface area contributed by atoms with Crippen LogP contribution in [0.5, 0.6) is 0 Å². The van der Waals surface area contributed by atoms with Gasteiger partial charge in [-0.05, 0) is 51.0 Å². The van der Waals surface area contributed by atoms with E-state index in [2.05, 4.69) is 5.32 Å². The lowest BCUT2D eigenvalue weighted by Gasteiger charge is -2.37. The first-order valence-electron chi connectivity index (χ1n) is 13.6. The van der Waals surface area contributed by atoms with E-state index in [1.54, 1.807) is 30.3 Å². The number of nitrogens with one attached hydrogen (secondary N) is 2. The fraction of sp³-hybridized carbons (Fsp3) is 0.577. The predicted octanol–water partition coefficient (Wildman–Crippen LogP) is -0.996. The van der Waals surface area contributed by atoms with E-state index in [0.29, 0.717) is 44.3 Å². The van der Waals surface area contributed by atoms with Crippen LogP contribution in [-0.4, -0.2) is 101 Å². The van der Waals surface area contributed by atoms with E-state index in [1.165, 1.54) is 11.8 Å². The number of carbonyl (C=O) groups is 4. The number of carbonyl (C=O) groups excluding carboxylic acids is 2. The Morgan fingerprint density at radius 3 is 2.31 bits per heavy atom. The topological polar surface area (TPSA) is 263 Å².